The summed E-state index contributed by atoms with van der Waals surface area (Å²) < 4.78 is 16.8. The summed E-state index contributed by atoms with van der Waals surface area (Å²) in [5.41, 5.74) is 7.18. The van der Waals surface area contributed by atoms with Crippen LogP contribution in [0.1, 0.15) is 32.4 Å². The molecule has 1 aromatic heterocycles. The highest BCUT2D eigenvalue weighted by atomic mass is 16.5. The van der Waals surface area contributed by atoms with Crippen LogP contribution in [0.25, 0.3) is 11.3 Å². The molecule has 0 spiro atoms. The molecule has 1 aromatic carbocycles. The molecule has 0 atom stereocenters. The predicted molar refractivity (Wildman–Crippen MR) is 81.4 cm³/mol. The predicted octanol–water partition coefficient (Wildman–Crippen LogP) is 3.38. The van der Waals surface area contributed by atoms with Crippen molar-refractivity contribution in [3.8, 4) is 22.8 Å². The average molecular weight is 290 g/mol. The summed E-state index contributed by atoms with van der Waals surface area (Å²) in [5.74, 6) is 2.17. The van der Waals surface area contributed by atoms with Gasteiger partial charge in [-0.2, -0.15) is 0 Å². The number of ether oxygens (including phenoxy) is 2. The highest BCUT2D eigenvalue weighted by Crippen LogP contribution is 2.33. The Labute approximate surface area is 125 Å². The zero-order valence-corrected chi connectivity index (χ0v) is 12.6. The first-order valence-electron chi connectivity index (χ1n) is 7.34. The summed E-state index contributed by atoms with van der Waals surface area (Å²) >= 11 is 0. The van der Waals surface area contributed by atoms with E-state index in [1.54, 1.807) is 0 Å². The van der Waals surface area contributed by atoms with Crippen molar-refractivity contribution >= 4 is 0 Å². The monoisotopic (exact) mass is 290 g/mol. The van der Waals surface area contributed by atoms with E-state index in [0.29, 0.717) is 25.5 Å². The summed E-state index contributed by atoms with van der Waals surface area (Å²) in [7, 11) is 0. The first kappa shape index (κ1) is 15.4. The van der Waals surface area contributed by atoms with Gasteiger partial charge in [0.05, 0.1) is 18.9 Å². The molecule has 0 saturated carbocycles. The second-order valence-corrected chi connectivity index (χ2v) is 4.75. The molecule has 0 fully saturated rings. The van der Waals surface area contributed by atoms with E-state index in [4.69, 9.17) is 19.7 Å². The van der Waals surface area contributed by atoms with E-state index in [-0.39, 0.29) is 0 Å². The lowest BCUT2D eigenvalue weighted by atomic mass is 10.1. The highest BCUT2D eigenvalue weighted by molar-refractivity contribution is 5.62. The van der Waals surface area contributed by atoms with Crippen LogP contribution in [-0.2, 0) is 6.54 Å². The summed E-state index contributed by atoms with van der Waals surface area (Å²) in [6.07, 6.45) is 1.90. The molecular formula is C16H22N2O3. The fraction of sp³-hybridized carbons (Fsp3) is 0.438. The highest BCUT2D eigenvalue weighted by Gasteiger charge is 2.11. The minimum atomic E-state index is 0.361. The minimum absolute atomic E-state index is 0.361. The molecular weight excluding hydrogens is 268 g/mol. The van der Waals surface area contributed by atoms with E-state index in [0.717, 1.165) is 35.6 Å². The molecule has 0 aliphatic heterocycles. The van der Waals surface area contributed by atoms with Crippen molar-refractivity contribution in [3.05, 3.63) is 30.0 Å². The Kier molecular flexibility index (Phi) is 5.63. The van der Waals surface area contributed by atoms with Gasteiger partial charge in [0.25, 0.3) is 0 Å². The average Bonchev–Trinajstić information content (AvgIpc) is 3.00. The van der Waals surface area contributed by atoms with Gasteiger partial charge in [0.15, 0.2) is 17.3 Å². The number of benzene rings is 1. The molecule has 2 N–H and O–H groups in total. The van der Waals surface area contributed by atoms with Gasteiger partial charge in [0.1, 0.15) is 0 Å². The van der Waals surface area contributed by atoms with Crippen LogP contribution < -0.4 is 15.2 Å². The van der Waals surface area contributed by atoms with Crippen molar-refractivity contribution in [1.29, 1.82) is 0 Å². The molecule has 5 nitrogen and oxygen atoms in total. The van der Waals surface area contributed by atoms with Gasteiger partial charge in [-0.1, -0.05) is 19.0 Å². The third kappa shape index (κ3) is 3.98. The van der Waals surface area contributed by atoms with Crippen molar-refractivity contribution < 1.29 is 14.0 Å². The van der Waals surface area contributed by atoms with Crippen molar-refractivity contribution in [2.75, 3.05) is 13.2 Å². The van der Waals surface area contributed by atoms with Crippen LogP contribution in [0.3, 0.4) is 0 Å². The second kappa shape index (κ2) is 7.69. The van der Waals surface area contributed by atoms with Gasteiger partial charge in [-0.15, -0.1) is 0 Å². The second-order valence-electron chi connectivity index (χ2n) is 4.75. The lowest BCUT2D eigenvalue weighted by Gasteiger charge is -2.12. The zero-order chi connectivity index (χ0) is 15.1. The van der Waals surface area contributed by atoms with E-state index in [1.165, 1.54) is 0 Å². The fourth-order valence-electron chi connectivity index (χ4n) is 1.86. The largest absolute Gasteiger partial charge is 0.490 e. The molecule has 2 aromatic rings. The Morgan fingerprint density at radius 2 is 1.76 bits per heavy atom. The van der Waals surface area contributed by atoms with E-state index in [2.05, 4.69) is 19.0 Å². The van der Waals surface area contributed by atoms with Gasteiger partial charge in [-0.25, -0.2) is 0 Å². The number of hydrogen-bond donors (Lipinski definition) is 1. The maximum atomic E-state index is 5.77. The molecule has 0 saturated heterocycles. The Bertz CT molecular complexity index is 566. The topological polar surface area (TPSA) is 70.5 Å². The number of nitrogens with two attached hydrogens (primary N) is 1. The lowest BCUT2D eigenvalue weighted by Crippen LogP contribution is -2.01. The Balaban J connectivity index is 2.26. The van der Waals surface area contributed by atoms with E-state index in [9.17, 15) is 0 Å². The van der Waals surface area contributed by atoms with Gasteiger partial charge in [-0.05, 0) is 31.0 Å². The molecule has 114 valence electrons. The van der Waals surface area contributed by atoms with Crippen LogP contribution >= 0.6 is 0 Å². The normalized spacial score (nSPS) is 10.6. The zero-order valence-electron chi connectivity index (χ0n) is 12.6. The maximum absolute atomic E-state index is 5.77. The van der Waals surface area contributed by atoms with Crippen molar-refractivity contribution in [2.45, 2.75) is 33.2 Å². The Hall–Kier alpha value is -2.01. The molecule has 0 unspecified atom stereocenters. The summed E-state index contributed by atoms with van der Waals surface area (Å²) in [4.78, 5) is 0. The number of hydrogen-bond acceptors (Lipinski definition) is 5. The Morgan fingerprint density at radius 3 is 2.38 bits per heavy atom. The third-order valence-electron chi connectivity index (χ3n) is 2.92. The van der Waals surface area contributed by atoms with Crippen LogP contribution in [0.15, 0.2) is 28.8 Å². The number of aromatic nitrogens is 1. The molecule has 1 heterocycles. The smallest absolute Gasteiger partial charge is 0.167 e. The van der Waals surface area contributed by atoms with Crippen LogP contribution in [0.2, 0.25) is 0 Å². The number of nitrogens with zero attached hydrogens (tertiary/aromatic N) is 1. The fourth-order valence-corrected chi connectivity index (χ4v) is 1.86. The van der Waals surface area contributed by atoms with Gasteiger partial charge in [-0.3, -0.25) is 0 Å². The maximum Gasteiger partial charge on any atom is 0.167 e. The van der Waals surface area contributed by atoms with Gasteiger partial charge in [0, 0.05) is 18.2 Å². The number of rotatable bonds is 8. The summed E-state index contributed by atoms with van der Waals surface area (Å²) in [6.45, 7) is 5.82. The van der Waals surface area contributed by atoms with Crippen LogP contribution in [0.5, 0.6) is 11.5 Å². The SMILES string of the molecule is CCCOc1ccc(-c2cc(CN)no2)cc1OCCC. The van der Waals surface area contributed by atoms with Crippen molar-refractivity contribution in [3.63, 3.8) is 0 Å². The molecule has 0 aliphatic carbocycles. The molecule has 0 radical (unpaired) electrons. The molecule has 0 aliphatic rings. The Morgan fingerprint density at radius 1 is 1.05 bits per heavy atom. The minimum Gasteiger partial charge on any atom is -0.490 e. The van der Waals surface area contributed by atoms with E-state index >= 15 is 0 Å². The van der Waals surface area contributed by atoms with Crippen molar-refractivity contribution in [1.82, 2.24) is 5.16 Å². The standard InChI is InChI=1S/C16H22N2O3/c1-3-7-19-14-6-5-12(9-16(14)20-8-4-2)15-10-13(11-17)18-21-15/h5-6,9-10H,3-4,7-8,11,17H2,1-2H3. The van der Waals surface area contributed by atoms with Gasteiger partial charge in [0.2, 0.25) is 0 Å². The van der Waals surface area contributed by atoms with Crippen LogP contribution in [-0.4, -0.2) is 18.4 Å². The van der Waals surface area contributed by atoms with Gasteiger partial charge >= 0.3 is 0 Å². The molecule has 0 amide bonds. The lowest BCUT2D eigenvalue weighted by molar-refractivity contribution is 0.268. The van der Waals surface area contributed by atoms with E-state index < -0.39 is 0 Å². The molecule has 21 heavy (non-hydrogen) atoms. The first-order chi connectivity index (χ1) is 10.3. The molecule has 2 rings (SSSR count). The van der Waals surface area contributed by atoms with E-state index in [1.807, 2.05) is 24.3 Å². The third-order valence-corrected chi connectivity index (χ3v) is 2.92. The van der Waals surface area contributed by atoms with Gasteiger partial charge < -0.3 is 19.7 Å². The summed E-state index contributed by atoms with van der Waals surface area (Å²) in [5, 5.41) is 3.90. The van der Waals surface area contributed by atoms with Crippen LogP contribution in [0, 0.1) is 0 Å². The quantitative estimate of drug-likeness (QED) is 0.807. The van der Waals surface area contributed by atoms with Crippen LogP contribution in [0.4, 0.5) is 0 Å². The molecule has 0 bridgehead atoms. The summed E-state index contributed by atoms with van der Waals surface area (Å²) in [6, 6.07) is 7.60. The van der Waals surface area contributed by atoms with Crippen molar-refractivity contribution in [2.24, 2.45) is 5.73 Å². The first-order valence-corrected chi connectivity index (χ1v) is 7.34. The molecule has 5 heteroatoms.